The van der Waals surface area contributed by atoms with Crippen molar-refractivity contribution in [3.63, 3.8) is 0 Å². The van der Waals surface area contributed by atoms with Gasteiger partial charge in [0.2, 0.25) is 0 Å². The first-order chi connectivity index (χ1) is 8.66. The number of unbranched alkanes of at least 4 members (excludes halogenated alkanes) is 9. The molecule has 1 unspecified atom stereocenters. The van der Waals surface area contributed by atoms with Crippen LogP contribution in [-0.4, -0.2) is 12.1 Å². The van der Waals surface area contributed by atoms with Crippen molar-refractivity contribution in [2.45, 2.75) is 97.5 Å². The minimum atomic E-state index is -0.158. The van der Waals surface area contributed by atoms with Gasteiger partial charge in [0.05, 0.1) is 6.10 Å². The highest BCUT2D eigenvalue weighted by Gasteiger charge is 2.04. The first-order valence-corrected chi connectivity index (χ1v) is 7.84. The van der Waals surface area contributed by atoms with Gasteiger partial charge in [0.25, 0.3) is 0 Å². The molecule has 0 bridgehead atoms. The van der Waals surface area contributed by atoms with Crippen molar-refractivity contribution in [3.05, 3.63) is 0 Å². The summed E-state index contributed by atoms with van der Waals surface area (Å²) in [5.74, 6) is -0.158. The third kappa shape index (κ3) is 13.5. The van der Waals surface area contributed by atoms with Crippen molar-refractivity contribution < 1.29 is 9.53 Å². The Morgan fingerprint density at radius 2 is 1.33 bits per heavy atom. The molecule has 2 heteroatoms. The quantitative estimate of drug-likeness (QED) is 0.352. The third-order valence-corrected chi connectivity index (χ3v) is 3.33. The van der Waals surface area contributed by atoms with Crippen LogP contribution in [0.2, 0.25) is 0 Å². The summed E-state index contributed by atoms with van der Waals surface area (Å²) in [5, 5.41) is 0. The van der Waals surface area contributed by atoms with Gasteiger partial charge >= 0.3 is 5.97 Å². The fraction of sp³-hybridized carbons (Fsp3) is 0.938. The molecule has 0 heterocycles. The molecule has 0 saturated carbocycles. The lowest BCUT2D eigenvalue weighted by Gasteiger charge is -2.11. The summed E-state index contributed by atoms with van der Waals surface area (Å²) in [6.45, 7) is 5.72. The van der Waals surface area contributed by atoms with E-state index in [2.05, 4.69) is 6.92 Å². The molecule has 0 saturated heterocycles. The highest BCUT2D eigenvalue weighted by atomic mass is 16.5. The molecule has 0 N–H and O–H groups in total. The van der Waals surface area contributed by atoms with Gasteiger partial charge in [-0.2, -0.15) is 0 Å². The van der Waals surface area contributed by atoms with Crippen LogP contribution in [0.1, 0.15) is 91.4 Å². The lowest BCUT2D eigenvalue weighted by atomic mass is 10.0. The molecule has 1 atom stereocenters. The molecule has 18 heavy (non-hydrogen) atoms. The zero-order valence-corrected chi connectivity index (χ0v) is 12.7. The van der Waals surface area contributed by atoms with Crippen LogP contribution < -0.4 is 0 Å². The Bertz CT molecular complexity index is 190. The second-order valence-corrected chi connectivity index (χ2v) is 5.39. The average molecular weight is 256 g/mol. The van der Waals surface area contributed by atoms with Crippen molar-refractivity contribution in [1.29, 1.82) is 0 Å². The minimum Gasteiger partial charge on any atom is -0.463 e. The number of carbonyl (C=O) groups is 1. The molecule has 0 aromatic heterocycles. The normalized spacial score (nSPS) is 12.4. The van der Waals surface area contributed by atoms with E-state index in [9.17, 15) is 4.79 Å². The van der Waals surface area contributed by atoms with Crippen molar-refractivity contribution in [2.24, 2.45) is 0 Å². The van der Waals surface area contributed by atoms with E-state index in [0.29, 0.717) is 0 Å². The number of hydrogen-bond acceptors (Lipinski definition) is 2. The summed E-state index contributed by atoms with van der Waals surface area (Å²) in [5.41, 5.74) is 0. The first-order valence-electron chi connectivity index (χ1n) is 7.84. The van der Waals surface area contributed by atoms with E-state index in [0.717, 1.165) is 6.42 Å². The fourth-order valence-electron chi connectivity index (χ4n) is 2.26. The van der Waals surface area contributed by atoms with E-state index < -0.39 is 0 Å². The maximum atomic E-state index is 10.7. The van der Waals surface area contributed by atoms with Crippen LogP contribution in [-0.2, 0) is 9.53 Å². The smallest absolute Gasteiger partial charge is 0.302 e. The van der Waals surface area contributed by atoms with Gasteiger partial charge in [0.1, 0.15) is 0 Å². The summed E-state index contributed by atoms with van der Waals surface area (Å²) in [7, 11) is 0. The maximum absolute atomic E-state index is 10.7. The van der Waals surface area contributed by atoms with Gasteiger partial charge in [-0.05, 0) is 19.8 Å². The summed E-state index contributed by atoms with van der Waals surface area (Å²) in [6, 6.07) is 0. The Balaban J connectivity index is 3.09. The van der Waals surface area contributed by atoms with Crippen molar-refractivity contribution >= 4 is 5.97 Å². The lowest BCUT2D eigenvalue weighted by Crippen LogP contribution is -2.11. The Labute approximate surface area is 113 Å². The molecule has 108 valence electrons. The van der Waals surface area contributed by atoms with Crippen LogP contribution >= 0.6 is 0 Å². The third-order valence-electron chi connectivity index (χ3n) is 3.33. The molecule has 0 aromatic carbocycles. The van der Waals surface area contributed by atoms with E-state index >= 15 is 0 Å². The van der Waals surface area contributed by atoms with Crippen LogP contribution in [0, 0.1) is 0 Å². The average Bonchev–Trinajstić information content (AvgIpc) is 2.30. The summed E-state index contributed by atoms with van der Waals surface area (Å²) < 4.78 is 5.09. The van der Waals surface area contributed by atoms with E-state index in [1.807, 2.05) is 6.92 Å². The predicted octanol–water partition coefficient (Wildman–Crippen LogP) is 5.25. The number of ether oxygens (including phenoxy) is 1. The molecule has 0 aromatic rings. The van der Waals surface area contributed by atoms with E-state index in [4.69, 9.17) is 4.74 Å². The summed E-state index contributed by atoms with van der Waals surface area (Å²) >= 11 is 0. The van der Waals surface area contributed by atoms with Gasteiger partial charge in [0.15, 0.2) is 0 Å². The van der Waals surface area contributed by atoms with Gasteiger partial charge in [-0.1, -0.05) is 64.7 Å². The monoisotopic (exact) mass is 256 g/mol. The Morgan fingerprint density at radius 3 is 1.78 bits per heavy atom. The van der Waals surface area contributed by atoms with Gasteiger partial charge in [-0.25, -0.2) is 0 Å². The second kappa shape index (κ2) is 12.9. The van der Waals surface area contributed by atoms with Gasteiger partial charge in [-0.15, -0.1) is 0 Å². The molecule has 0 radical (unpaired) electrons. The topological polar surface area (TPSA) is 26.3 Å². The number of rotatable bonds is 12. The predicted molar refractivity (Wildman–Crippen MR) is 77.7 cm³/mol. The van der Waals surface area contributed by atoms with Crippen LogP contribution in [0.5, 0.6) is 0 Å². The van der Waals surface area contributed by atoms with Crippen LogP contribution in [0.25, 0.3) is 0 Å². The molecular weight excluding hydrogens is 224 g/mol. The lowest BCUT2D eigenvalue weighted by molar-refractivity contribution is -0.145. The highest BCUT2D eigenvalue weighted by molar-refractivity contribution is 5.66. The molecule has 2 nitrogen and oxygen atoms in total. The Kier molecular flexibility index (Phi) is 12.5. The standard InChI is InChI=1S/C16H32O2/c1-4-5-6-7-8-9-10-11-12-13-14-15(2)18-16(3)17/h15H,4-14H2,1-3H3. The van der Waals surface area contributed by atoms with Crippen molar-refractivity contribution in [3.8, 4) is 0 Å². The summed E-state index contributed by atoms with van der Waals surface area (Å²) in [4.78, 5) is 10.7. The molecule has 0 aliphatic heterocycles. The number of carbonyl (C=O) groups excluding carboxylic acids is 1. The minimum absolute atomic E-state index is 0.0940. The van der Waals surface area contributed by atoms with Crippen LogP contribution in [0.15, 0.2) is 0 Å². The largest absolute Gasteiger partial charge is 0.463 e. The van der Waals surface area contributed by atoms with E-state index in [-0.39, 0.29) is 12.1 Å². The van der Waals surface area contributed by atoms with Crippen molar-refractivity contribution in [1.82, 2.24) is 0 Å². The van der Waals surface area contributed by atoms with Gasteiger partial charge < -0.3 is 4.74 Å². The molecular formula is C16H32O2. The molecule has 0 aliphatic carbocycles. The fourth-order valence-corrected chi connectivity index (χ4v) is 2.26. The Morgan fingerprint density at radius 1 is 0.889 bits per heavy atom. The number of esters is 1. The van der Waals surface area contributed by atoms with E-state index in [1.54, 1.807) is 0 Å². The maximum Gasteiger partial charge on any atom is 0.302 e. The number of hydrogen-bond donors (Lipinski definition) is 0. The van der Waals surface area contributed by atoms with Gasteiger partial charge in [0, 0.05) is 6.92 Å². The van der Waals surface area contributed by atoms with Gasteiger partial charge in [-0.3, -0.25) is 4.79 Å². The van der Waals surface area contributed by atoms with Crippen molar-refractivity contribution in [2.75, 3.05) is 0 Å². The zero-order valence-electron chi connectivity index (χ0n) is 12.7. The molecule has 0 amide bonds. The zero-order chi connectivity index (χ0) is 13.6. The van der Waals surface area contributed by atoms with Crippen LogP contribution in [0.3, 0.4) is 0 Å². The SMILES string of the molecule is CCCCCCCCCCCCC(C)OC(C)=O. The second-order valence-electron chi connectivity index (χ2n) is 5.39. The molecule has 0 aliphatic rings. The highest BCUT2D eigenvalue weighted by Crippen LogP contribution is 2.12. The van der Waals surface area contributed by atoms with Crippen LogP contribution in [0.4, 0.5) is 0 Å². The first kappa shape index (κ1) is 17.5. The molecule has 0 rings (SSSR count). The summed E-state index contributed by atoms with van der Waals surface area (Å²) in [6.07, 6.45) is 14.6. The Hall–Kier alpha value is -0.530. The molecule has 0 fully saturated rings. The molecule has 0 spiro atoms. The van der Waals surface area contributed by atoms with E-state index in [1.165, 1.54) is 71.1 Å².